The second kappa shape index (κ2) is 4.78. The first-order chi connectivity index (χ1) is 9.14. The SMILES string of the molecule is COC1CC(N2CCC(=O)NC3(CCCC3)C2=O)C1. The maximum atomic E-state index is 12.8. The molecule has 3 aliphatic rings. The van der Waals surface area contributed by atoms with Crippen LogP contribution in [0.2, 0.25) is 0 Å². The molecule has 0 aromatic heterocycles. The Balaban J connectivity index is 1.77. The maximum Gasteiger partial charge on any atom is 0.248 e. The van der Waals surface area contributed by atoms with Crippen LogP contribution in [-0.2, 0) is 14.3 Å². The molecule has 2 saturated carbocycles. The fraction of sp³-hybridized carbons (Fsp3) is 0.857. The molecule has 5 heteroatoms. The number of carbonyl (C=O) groups is 2. The van der Waals surface area contributed by atoms with E-state index in [1.165, 1.54) is 0 Å². The zero-order valence-corrected chi connectivity index (χ0v) is 11.5. The van der Waals surface area contributed by atoms with E-state index in [0.29, 0.717) is 13.0 Å². The van der Waals surface area contributed by atoms with E-state index >= 15 is 0 Å². The number of amides is 2. The van der Waals surface area contributed by atoms with Crippen LogP contribution in [0.4, 0.5) is 0 Å². The molecule has 1 heterocycles. The Morgan fingerprint density at radius 2 is 1.95 bits per heavy atom. The lowest BCUT2D eigenvalue weighted by Gasteiger charge is -2.44. The third-order valence-corrected chi connectivity index (χ3v) is 4.93. The first-order valence-corrected chi connectivity index (χ1v) is 7.29. The number of methoxy groups -OCH3 is 1. The highest BCUT2D eigenvalue weighted by molar-refractivity contribution is 5.94. The first-order valence-electron chi connectivity index (χ1n) is 7.29. The fourth-order valence-corrected chi connectivity index (χ4v) is 3.63. The maximum absolute atomic E-state index is 12.8. The highest BCUT2D eigenvalue weighted by Gasteiger charge is 2.49. The van der Waals surface area contributed by atoms with Gasteiger partial charge >= 0.3 is 0 Å². The van der Waals surface area contributed by atoms with Crippen LogP contribution in [-0.4, -0.2) is 48.1 Å². The summed E-state index contributed by atoms with van der Waals surface area (Å²) in [4.78, 5) is 26.6. The smallest absolute Gasteiger partial charge is 0.248 e. The molecule has 0 radical (unpaired) electrons. The third-order valence-electron chi connectivity index (χ3n) is 4.93. The third kappa shape index (κ3) is 2.14. The summed E-state index contributed by atoms with van der Waals surface area (Å²) < 4.78 is 5.29. The van der Waals surface area contributed by atoms with Crippen LogP contribution in [0, 0.1) is 0 Å². The standard InChI is InChI=1S/C14H22N2O3/c1-19-11-8-10(9-11)16-7-4-12(17)15-14(13(16)18)5-2-3-6-14/h10-11H,2-9H2,1H3,(H,15,17). The quantitative estimate of drug-likeness (QED) is 0.805. The zero-order chi connectivity index (χ0) is 13.5. The Labute approximate surface area is 113 Å². The van der Waals surface area contributed by atoms with Crippen molar-refractivity contribution in [2.75, 3.05) is 13.7 Å². The normalized spacial score (nSPS) is 34.1. The average molecular weight is 266 g/mol. The summed E-state index contributed by atoms with van der Waals surface area (Å²) in [6.45, 7) is 0.563. The molecule has 0 aromatic carbocycles. The Hall–Kier alpha value is -1.10. The van der Waals surface area contributed by atoms with E-state index in [-0.39, 0.29) is 24.0 Å². The molecule has 3 fully saturated rings. The Morgan fingerprint density at radius 1 is 1.26 bits per heavy atom. The number of hydrogen-bond acceptors (Lipinski definition) is 3. The second-order valence-electron chi connectivity index (χ2n) is 6.07. The van der Waals surface area contributed by atoms with Gasteiger partial charge in [0.1, 0.15) is 5.54 Å². The van der Waals surface area contributed by atoms with Gasteiger partial charge in [-0.2, -0.15) is 0 Å². The topological polar surface area (TPSA) is 58.6 Å². The molecule has 1 spiro atoms. The van der Waals surface area contributed by atoms with Gasteiger partial charge in [-0.1, -0.05) is 12.8 Å². The monoisotopic (exact) mass is 266 g/mol. The second-order valence-corrected chi connectivity index (χ2v) is 6.07. The molecule has 0 unspecified atom stereocenters. The van der Waals surface area contributed by atoms with Crippen molar-refractivity contribution in [3.05, 3.63) is 0 Å². The minimum Gasteiger partial charge on any atom is -0.381 e. The van der Waals surface area contributed by atoms with Crippen molar-refractivity contribution in [1.29, 1.82) is 0 Å². The first kappa shape index (κ1) is 12.9. The molecule has 2 aliphatic carbocycles. The predicted molar refractivity (Wildman–Crippen MR) is 69.5 cm³/mol. The molecule has 0 aromatic rings. The van der Waals surface area contributed by atoms with Crippen LogP contribution in [0.3, 0.4) is 0 Å². The number of rotatable bonds is 2. The minimum absolute atomic E-state index is 0.0281. The van der Waals surface area contributed by atoms with Gasteiger partial charge < -0.3 is 15.0 Å². The lowest BCUT2D eigenvalue weighted by molar-refractivity contribution is -0.145. The van der Waals surface area contributed by atoms with Gasteiger partial charge in [0.05, 0.1) is 6.10 Å². The Bertz CT molecular complexity index is 384. The average Bonchev–Trinajstić information content (AvgIpc) is 2.76. The van der Waals surface area contributed by atoms with Gasteiger partial charge in [-0.15, -0.1) is 0 Å². The van der Waals surface area contributed by atoms with Crippen LogP contribution in [0.15, 0.2) is 0 Å². The minimum atomic E-state index is -0.592. The van der Waals surface area contributed by atoms with Gasteiger partial charge in [0.2, 0.25) is 11.8 Å². The Morgan fingerprint density at radius 3 is 2.58 bits per heavy atom. The van der Waals surface area contributed by atoms with Crippen molar-refractivity contribution in [3.8, 4) is 0 Å². The summed E-state index contributed by atoms with van der Waals surface area (Å²) in [6.07, 6.45) is 6.20. The van der Waals surface area contributed by atoms with Crippen LogP contribution in [0.5, 0.6) is 0 Å². The number of hydrogen-bond donors (Lipinski definition) is 1. The van der Waals surface area contributed by atoms with Gasteiger partial charge in [0.15, 0.2) is 0 Å². The lowest BCUT2D eigenvalue weighted by Crippen LogP contribution is -2.59. The fourth-order valence-electron chi connectivity index (χ4n) is 3.63. The summed E-state index contributed by atoms with van der Waals surface area (Å²) in [5.41, 5.74) is -0.592. The summed E-state index contributed by atoms with van der Waals surface area (Å²) in [5.74, 6) is 0.177. The molecule has 5 nitrogen and oxygen atoms in total. The molecule has 0 bridgehead atoms. The van der Waals surface area contributed by atoms with Gasteiger partial charge in [0.25, 0.3) is 0 Å². The van der Waals surface area contributed by atoms with E-state index in [1.54, 1.807) is 7.11 Å². The van der Waals surface area contributed by atoms with Crippen LogP contribution < -0.4 is 5.32 Å². The molecule has 2 amide bonds. The van der Waals surface area contributed by atoms with Gasteiger partial charge in [-0.3, -0.25) is 9.59 Å². The number of nitrogens with one attached hydrogen (secondary N) is 1. The summed E-state index contributed by atoms with van der Waals surface area (Å²) in [7, 11) is 1.72. The molecular weight excluding hydrogens is 244 g/mol. The van der Waals surface area contributed by atoms with E-state index < -0.39 is 5.54 Å². The van der Waals surface area contributed by atoms with Gasteiger partial charge in [0, 0.05) is 26.1 Å². The van der Waals surface area contributed by atoms with Crippen LogP contribution >= 0.6 is 0 Å². The Kier molecular flexibility index (Phi) is 3.25. The highest BCUT2D eigenvalue weighted by atomic mass is 16.5. The van der Waals surface area contributed by atoms with Crippen LogP contribution in [0.1, 0.15) is 44.9 Å². The number of carbonyl (C=O) groups excluding carboxylic acids is 2. The van der Waals surface area contributed by atoms with Crippen molar-refractivity contribution in [2.45, 2.75) is 62.6 Å². The van der Waals surface area contributed by atoms with E-state index in [2.05, 4.69) is 5.32 Å². The molecule has 1 aliphatic heterocycles. The molecule has 19 heavy (non-hydrogen) atoms. The molecule has 3 rings (SSSR count). The van der Waals surface area contributed by atoms with Crippen molar-refractivity contribution in [2.24, 2.45) is 0 Å². The highest BCUT2D eigenvalue weighted by Crippen LogP contribution is 2.36. The van der Waals surface area contributed by atoms with Gasteiger partial charge in [-0.25, -0.2) is 0 Å². The summed E-state index contributed by atoms with van der Waals surface area (Å²) >= 11 is 0. The van der Waals surface area contributed by atoms with Crippen LogP contribution in [0.25, 0.3) is 0 Å². The van der Waals surface area contributed by atoms with E-state index in [0.717, 1.165) is 38.5 Å². The van der Waals surface area contributed by atoms with Gasteiger partial charge in [-0.05, 0) is 25.7 Å². The molecule has 1 N–H and O–H groups in total. The van der Waals surface area contributed by atoms with E-state index in [9.17, 15) is 9.59 Å². The number of nitrogens with zero attached hydrogens (tertiary/aromatic N) is 1. The number of ether oxygens (including phenoxy) is 1. The van der Waals surface area contributed by atoms with Crippen molar-refractivity contribution in [3.63, 3.8) is 0 Å². The molecule has 0 atom stereocenters. The molecule has 1 saturated heterocycles. The van der Waals surface area contributed by atoms with Crippen molar-refractivity contribution < 1.29 is 14.3 Å². The predicted octanol–water partition coefficient (Wildman–Crippen LogP) is 0.825. The lowest BCUT2D eigenvalue weighted by atomic mass is 9.86. The molecule has 106 valence electrons. The van der Waals surface area contributed by atoms with Crippen molar-refractivity contribution in [1.82, 2.24) is 10.2 Å². The van der Waals surface area contributed by atoms with Crippen molar-refractivity contribution >= 4 is 11.8 Å². The van der Waals surface area contributed by atoms with E-state index in [1.807, 2.05) is 4.90 Å². The molecular formula is C14H22N2O3. The van der Waals surface area contributed by atoms with E-state index in [4.69, 9.17) is 4.74 Å². The largest absolute Gasteiger partial charge is 0.381 e. The zero-order valence-electron chi connectivity index (χ0n) is 11.5. The summed E-state index contributed by atoms with van der Waals surface area (Å²) in [6, 6.07) is 0.266. The summed E-state index contributed by atoms with van der Waals surface area (Å²) in [5, 5.41) is 3.00.